The predicted molar refractivity (Wildman–Crippen MR) is 81.7 cm³/mol. The quantitative estimate of drug-likeness (QED) is 0.832. The summed E-state index contributed by atoms with van der Waals surface area (Å²) in [4.78, 5) is 2.61. The Bertz CT molecular complexity index is 520. The van der Waals surface area contributed by atoms with Crippen LogP contribution in [0.4, 0.5) is 0 Å². The molecule has 2 fully saturated rings. The van der Waals surface area contributed by atoms with Crippen molar-refractivity contribution in [3.8, 4) is 11.5 Å². The predicted octanol–water partition coefficient (Wildman–Crippen LogP) is 2.29. The molecule has 0 aromatic heterocycles. The fraction of sp³-hybridized carbons (Fsp3) is 0.647. The number of nitrogens with zero attached hydrogens (tertiary/aromatic N) is 1. The second-order valence-corrected chi connectivity index (χ2v) is 6.90. The number of piperidine rings is 2. The van der Waals surface area contributed by atoms with Crippen molar-refractivity contribution in [3.05, 3.63) is 23.8 Å². The molecule has 1 spiro atoms. The Morgan fingerprint density at radius 1 is 1.29 bits per heavy atom. The molecule has 2 N–H and O–H groups in total. The SMILES string of the molecule is Oc1ccc2c(c1)OCC2N1CCCC2(CCCNC2)C1. The van der Waals surface area contributed by atoms with Gasteiger partial charge in [0, 0.05) is 24.7 Å². The molecule has 4 nitrogen and oxygen atoms in total. The molecule has 0 amide bonds. The topological polar surface area (TPSA) is 44.7 Å². The van der Waals surface area contributed by atoms with Crippen molar-refractivity contribution in [3.63, 3.8) is 0 Å². The Hall–Kier alpha value is -1.26. The van der Waals surface area contributed by atoms with Gasteiger partial charge < -0.3 is 15.2 Å². The van der Waals surface area contributed by atoms with E-state index in [1.807, 2.05) is 6.07 Å². The Kier molecular flexibility index (Phi) is 3.31. The molecule has 3 aliphatic heterocycles. The third-order valence-electron chi connectivity index (χ3n) is 5.45. The van der Waals surface area contributed by atoms with E-state index in [0.29, 0.717) is 17.2 Å². The molecule has 2 unspecified atom stereocenters. The van der Waals surface area contributed by atoms with Gasteiger partial charge in [0.25, 0.3) is 0 Å². The van der Waals surface area contributed by atoms with Gasteiger partial charge in [0.2, 0.25) is 0 Å². The number of nitrogens with one attached hydrogen (secondary N) is 1. The molecule has 0 aliphatic carbocycles. The molecule has 2 atom stereocenters. The second kappa shape index (κ2) is 5.18. The molecule has 4 heteroatoms. The lowest BCUT2D eigenvalue weighted by molar-refractivity contribution is 0.0310. The van der Waals surface area contributed by atoms with Crippen LogP contribution >= 0.6 is 0 Å². The average Bonchev–Trinajstić information content (AvgIpc) is 2.91. The summed E-state index contributed by atoms with van der Waals surface area (Å²) in [5, 5.41) is 13.2. The lowest BCUT2D eigenvalue weighted by Crippen LogP contribution is -2.52. The highest BCUT2D eigenvalue weighted by Crippen LogP contribution is 2.43. The summed E-state index contributed by atoms with van der Waals surface area (Å²) >= 11 is 0. The van der Waals surface area contributed by atoms with E-state index in [0.717, 1.165) is 18.9 Å². The van der Waals surface area contributed by atoms with Crippen LogP contribution in [0.25, 0.3) is 0 Å². The Morgan fingerprint density at radius 3 is 3.05 bits per heavy atom. The van der Waals surface area contributed by atoms with Crippen molar-refractivity contribution in [2.75, 3.05) is 32.8 Å². The van der Waals surface area contributed by atoms with E-state index in [9.17, 15) is 5.11 Å². The largest absolute Gasteiger partial charge is 0.508 e. The van der Waals surface area contributed by atoms with Gasteiger partial charge in [0.15, 0.2) is 0 Å². The zero-order valence-corrected chi connectivity index (χ0v) is 12.5. The van der Waals surface area contributed by atoms with Crippen molar-refractivity contribution in [2.24, 2.45) is 5.41 Å². The number of fused-ring (bicyclic) bond motifs is 1. The number of likely N-dealkylation sites (tertiary alicyclic amines) is 1. The summed E-state index contributed by atoms with van der Waals surface area (Å²) < 4.78 is 5.80. The minimum absolute atomic E-state index is 0.293. The van der Waals surface area contributed by atoms with Gasteiger partial charge in [-0.2, -0.15) is 0 Å². The number of phenols is 1. The van der Waals surface area contributed by atoms with Gasteiger partial charge in [-0.3, -0.25) is 4.90 Å². The highest BCUT2D eigenvalue weighted by Gasteiger charge is 2.40. The van der Waals surface area contributed by atoms with Gasteiger partial charge in [0.1, 0.15) is 18.1 Å². The Morgan fingerprint density at radius 2 is 2.19 bits per heavy atom. The van der Waals surface area contributed by atoms with Crippen LogP contribution in [0.15, 0.2) is 18.2 Å². The number of rotatable bonds is 1. The van der Waals surface area contributed by atoms with Crippen LogP contribution in [0.3, 0.4) is 0 Å². The number of hydrogen-bond donors (Lipinski definition) is 2. The molecule has 1 aromatic rings. The van der Waals surface area contributed by atoms with Crippen molar-refractivity contribution in [1.29, 1.82) is 0 Å². The summed E-state index contributed by atoms with van der Waals surface area (Å²) in [6.45, 7) is 5.41. The van der Waals surface area contributed by atoms with E-state index in [4.69, 9.17) is 4.74 Å². The van der Waals surface area contributed by atoms with E-state index in [2.05, 4.69) is 10.2 Å². The molecule has 0 bridgehead atoms. The maximum atomic E-state index is 9.59. The first kappa shape index (κ1) is 13.4. The lowest BCUT2D eigenvalue weighted by Gasteiger charge is -2.47. The molecular formula is C17H24N2O2. The van der Waals surface area contributed by atoms with Crippen LogP contribution in [0.1, 0.15) is 37.3 Å². The standard InChI is InChI=1S/C17H24N2O2/c20-13-3-4-14-15(10-21-16(14)9-13)19-8-2-6-17(12-19)5-1-7-18-11-17/h3-4,9,15,18,20H,1-2,5-8,10-12H2. The normalized spacial score (nSPS) is 32.9. The molecule has 0 radical (unpaired) electrons. The average molecular weight is 288 g/mol. The third-order valence-corrected chi connectivity index (χ3v) is 5.45. The molecule has 1 aromatic carbocycles. The third kappa shape index (κ3) is 2.40. The fourth-order valence-corrected chi connectivity index (χ4v) is 4.37. The zero-order valence-electron chi connectivity index (χ0n) is 12.5. The summed E-state index contributed by atoms with van der Waals surface area (Å²) in [5.74, 6) is 1.15. The summed E-state index contributed by atoms with van der Waals surface area (Å²) in [6.07, 6.45) is 5.30. The van der Waals surface area contributed by atoms with E-state index in [1.165, 1.54) is 50.9 Å². The maximum Gasteiger partial charge on any atom is 0.127 e. The highest BCUT2D eigenvalue weighted by atomic mass is 16.5. The number of phenolic OH excluding ortho intramolecular Hbond substituents is 1. The van der Waals surface area contributed by atoms with Gasteiger partial charge in [-0.25, -0.2) is 0 Å². The van der Waals surface area contributed by atoms with Gasteiger partial charge in [-0.1, -0.05) is 0 Å². The van der Waals surface area contributed by atoms with E-state index >= 15 is 0 Å². The minimum Gasteiger partial charge on any atom is -0.508 e. The number of hydrogen-bond acceptors (Lipinski definition) is 4. The van der Waals surface area contributed by atoms with Crippen molar-refractivity contribution < 1.29 is 9.84 Å². The van der Waals surface area contributed by atoms with Gasteiger partial charge in [-0.05, 0) is 56.3 Å². The van der Waals surface area contributed by atoms with Crippen LogP contribution in [-0.4, -0.2) is 42.8 Å². The Labute approximate surface area is 126 Å². The second-order valence-electron chi connectivity index (χ2n) is 6.90. The summed E-state index contributed by atoms with van der Waals surface area (Å²) in [7, 11) is 0. The fourth-order valence-electron chi connectivity index (χ4n) is 4.37. The smallest absolute Gasteiger partial charge is 0.127 e. The summed E-state index contributed by atoms with van der Waals surface area (Å²) in [5.41, 5.74) is 1.71. The van der Waals surface area contributed by atoms with Crippen molar-refractivity contribution in [2.45, 2.75) is 31.7 Å². The van der Waals surface area contributed by atoms with Crippen LogP contribution in [0.2, 0.25) is 0 Å². The molecular weight excluding hydrogens is 264 g/mol. The highest BCUT2D eigenvalue weighted by molar-refractivity contribution is 5.44. The minimum atomic E-state index is 0.293. The maximum absolute atomic E-state index is 9.59. The van der Waals surface area contributed by atoms with Gasteiger partial charge >= 0.3 is 0 Å². The summed E-state index contributed by atoms with van der Waals surface area (Å²) in [6, 6.07) is 5.92. The molecule has 4 rings (SSSR count). The number of benzene rings is 1. The molecule has 2 saturated heterocycles. The first-order valence-electron chi connectivity index (χ1n) is 8.16. The molecule has 21 heavy (non-hydrogen) atoms. The van der Waals surface area contributed by atoms with Crippen molar-refractivity contribution >= 4 is 0 Å². The molecule has 3 aliphatic rings. The Balaban J connectivity index is 1.55. The van der Waals surface area contributed by atoms with E-state index in [1.54, 1.807) is 12.1 Å². The van der Waals surface area contributed by atoms with E-state index in [-0.39, 0.29) is 0 Å². The number of aromatic hydroxyl groups is 1. The lowest BCUT2D eigenvalue weighted by atomic mass is 9.74. The zero-order chi connectivity index (χ0) is 14.3. The van der Waals surface area contributed by atoms with Gasteiger partial charge in [0.05, 0.1) is 6.04 Å². The first-order valence-corrected chi connectivity index (χ1v) is 8.16. The van der Waals surface area contributed by atoms with Crippen LogP contribution in [0, 0.1) is 5.41 Å². The van der Waals surface area contributed by atoms with Crippen LogP contribution in [-0.2, 0) is 0 Å². The molecule has 114 valence electrons. The molecule has 3 heterocycles. The van der Waals surface area contributed by atoms with Gasteiger partial charge in [-0.15, -0.1) is 0 Å². The number of ether oxygens (including phenoxy) is 1. The van der Waals surface area contributed by atoms with Crippen molar-refractivity contribution in [1.82, 2.24) is 10.2 Å². The monoisotopic (exact) mass is 288 g/mol. The molecule has 0 saturated carbocycles. The van der Waals surface area contributed by atoms with E-state index < -0.39 is 0 Å². The first-order chi connectivity index (χ1) is 10.3. The van der Waals surface area contributed by atoms with Crippen LogP contribution < -0.4 is 10.1 Å². The van der Waals surface area contributed by atoms with Crippen LogP contribution in [0.5, 0.6) is 11.5 Å².